The second-order valence-corrected chi connectivity index (χ2v) is 11.0. The maximum Gasteiger partial charge on any atom is 0.281 e. The molecule has 0 aliphatic heterocycles. The summed E-state index contributed by atoms with van der Waals surface area (Å²) in [5.41, 5.74) is 2.13. The Hall–Kier alpha value is -4.31. The Labute approximate surface area is 226 Å². The van der Waals surface area contributed by atoms with Gasteiger partial charge in [-0.3, -0.25) is 4.79 Å². The summed E-state index contributed by atoms with van der Waals surface area (Å²) >= 11 is 0. The van der Waals surface area contributed by atoms with E-state index in [1.807, 2.05) is 50.6 Å². The number of sulfonamides is 1. The highest BCUT2D eigenvalue weighted by Gasteiger charge is 2.24. The van der Waals surface area contributed by atoms with Gasteiger partial charge < -0.3 is 9.47 Å². The first kappa shape index (κ1) is 27.7. The van der Waals surface area contributed by atoms with Crippen LogP contribution < -0.4 is 14.2 Å². The van der Waals surface area contributed by atoms with Crippen LogP contribution in [-0.2, 0) is 10.0 Å². The topological polar surface area (TPSA) is 107 Å². The first-order valence-corrected chi connectivity index (χ1v) is 13.7. The van der Waals surface area contributed by atoms with Gasteiger partial charge in [-0.15, -0.1) is 0 Å². The van der Waals surface area contributed by atoms with E-state index in [0.29, 0.717) is 29.4 Å². The summed E-state index contributed by atoms with van der Waals surface area (Å²) in [5.74, 6) is -0.584. The third-order valence-electron chi connectivity index (χ3n) is 5.60. The van der Waals surface area contributed by atoms with Crippen LogP contribution in [0.5, 0.6) is 17.4 Å². The molecule has 39 heavy (non-hydrogen) atoms. The molecule has 2 aromatic heterocycles. The van der Waals surface area contributed by atoms with Crippen molar-refractivity contribution < 1.29 is 27.1 Å². The molecule has 0 fully saturated rings. The van der Waals surface area contributed by atoms with Gasteiger partial charge in [0.25, 0.3) is 15.9 Å². The highest BCUT2D eigenvalue weighted by atomic mass is 32.2. The van der Waals surface area contributed by atoms with Crippen molar-refractivity contribution in [3.8, 4) is 28.6 Å². The number of aryl methyl sites for hydroxylation is 2. The Balaban J connectivity index is 1.76. The van der Waals surface area contributed by atoms with Crippen LogP contribution in [0.3, 0.4) is 0 Å². The molecule has 1 amide bonds. The molecule has 0 saturated heterocycles. The van der Waals surface area contributed by atoms with Crippen LogP contribution in [0.4, 0.5) is 4.39 Å². The summed E-state index contributed by atoms with van der Waals surface area (Å²) in [6, 6.07) is 16.9. The quantitative estimate of drug-likeness (QED) is 0.279. The van der Waals surface area contributed by atoms with Crippen LogP contribution >= 0.6 is 0 Å². The summed E-state index contributed by atoms with van der Waals surface area (Å²) in [6.45, 7) is 8.04. The zero-order chi connectivity index (χ0) is 28.2. The third kappa shape index (κ3) is 6.77. The number of carbonyl (C=O) groups excluding carboxylic acids is 1. The van der Waals surface area contributed by atoms with Gasteiger partial charge in [-0.05, 0) is 67.3 Å². The van der Waals surface area contributed by atoms with Crippen LogP contribution in [0.15, 0.2) is 78.0 Å². The maximum absolute atomic E-state index is 14.5. The lowest BCUT2D eigenvalue weighted by molar-refractivity contribution is 0.0978. The Morgan fingerprint density at radius 3 is 2.41 bits per heavy atom. The van der Waals surface area contributed by atoms with E-state index >= 15 is 0 Å². The van der Waals surface area contributed by atoms with E-state index in [0.717, 1.165) is 11.1 Å². The van der Waals surface area contributed by atoms with Gasteiger partial charge in [0.2, 0.25) is 5.88 Å². The zero-order valence-corrected chi connectivity index (χ0v) is 22.8. The fourth-order valence-corrected chi connectivity index (χ4v) is 4.62. The molecule has 4 rings (SSSR count). The van der Waals surface area contributed by atoms with Crippen molar-refractivity contribution in [2.75, 3.05) is 6.61 Å². The number of amides is 1. The van der Waals surface area contributed by atoms with E-state index in [9.17, 15) is 17.6 Å². The summed E-state index contributed by atoms with van der Waals surface area (Å²) in [7, 11) is -4.26. The normalized spacial score (nSPS) is 11.3. The minimum atomic E-state index is -4.26. The second-order valence-electron chi connectivity index (χ2n) is 9.36. The van der Waals surface area contributed by atoms with E-state index in [1.54, 1.807) is 12.1 Å². The van der Waals surface area contributed by atoms with Gasteiger partial charge in [-0.2, -0.15) is 8.42 Å². The molecule has 2 aromatic carbocycles. The predicted molar refractivity (Wildman–Crippen MR) is 145 cm³/mol. The van der Waals surface area contributed by atoms with Crippen molar-refractivity contribution in [1.29, 1.82) is 0 Å². The van der Waals surface area contributed by atoms with E-state index in [-0.39, 0.29) is 22.4 Å². The number of halogens is 1. The molecule has 4 aromatic rings. The average Bonchev–Trinajstić information content (AvgIpc) is 2.89. The highest BCUT2D eigenvalue weighted by Crippen LogP contribution is 2.33. The molecule has 0 saturated carbocycles. The summed E-state index contributed by atoms with van der Waals surface area (Å²) in [5, 5.41) is -0.311. The lowest BCUT2D eigenvalue weighted by atomic mass is 10.1. The van der Waals surface area contributed by atoms with Crippen molar-refractivity contribution in [1.82, 2.24) is 14.7 Å². The van der Waals surface area contributed by atoms with Crippen LogP contribution in [0.1, 0.15) is 35.3 Å². The fraction of sp³-hybridized carbons (Fsp3) is 0.207. The lowest BCUT2D eigenvalue weighted by Crippen LogP contribution is -2.31. The Morgan fingerprint density at radius 1 is 1.00 bits per heavy atom. The smallest absolute Gasteiger partial charge is 0.281 e. The third-order valence-corrected chi connectivity index (χ3v) is 6.85. The van der Waals surface area contributed by atoms with Crippen molar-refractivity contribution in [2.45, 2.75) is 32.7 Å². The number of hydrogen-bond acceptors (Lipinski definition) is 7. The van der Waals surface area contributed by atoms with Gasteiger partial charge in [-0.25, -0.2) is 19.1 Å². The lowest BCUT2D eigenvalue weighted by Gasteiger charge is -2.16. The molecule has 0 atom stereocenters. The number of aromatic nitrogens is 2. The number of hydrogen-bond donors (Lipinski definition) is 1. The van der Waals surface area contributed by atoms with Crippen LogP contribution in [0.2, 0.25) is 0 Å². The number of ether oxygens (including phenoxy) is 2. The predicted octanol–water partition coefficient (Wildman–Crippen LogP) is 5.85. The highest BCUT2D eigenvalue weighted by molar-refractivity contribution is 7.90. The van der Waals surface area contributed by atoms with Crippen molar-refractivity contribution in [3.05, 3.63) is 95.4 Å². The van der Waals surface area contributed by atoms with Crippen LogP contribution in [0.25, 0.3) is 11.3 Å². The molecule has 202 valence electrons. The van der Waals surface area contributed by atoms with Gasteiger partial charge in [0.1, 0.15) is 22.9 Å². The molecule has 0 spiro atoms. The minimum Gasteiger partial charge on any atom is -0.493 e. The van der Waals surface area contributed by atoms with Gasteiger partial charge in [0.15, 0.2) is 5.03 Å². The van der Waals surface area contributed by atoms with Crippen molar-refractivity contribution >= 4 is 15.9 Å². The van der Waals surface area contributed by atoms with Gasteiger partial charge >= 0.3 is 0 Å². The largest absolute Gasteiger partial charge is 0.493 e. The first-order chi connectivity index (χ1) is 18.5. The number of nitrogens with one attached hydrogen (secondary N) is 1. The Morgan fingerprint density at radius 2 is 1.74 bits per heavy atom. The molecule has 1 N–H and O–H groups in total. The Bertz CT molecular complexity index is 1590. The molecule has 2 heterocycles. The molecule has 10 heteroatoms. The molecule has 0 unspecified atom stereocenters. The first-order valence-electron chi connectivity index (χ1n) is 12.2. The number of para-hydroxylation sites is 1. The second kappa shape index (κ2) is 11.6. The number of pyridine rings is 2. The molecular weight excluding hydrogens is 521 g/mol. The van der Waals surface area contributed by atoms with E-state index in [1.165, 1.54) is 42.6 Å². The average molecular weight is 550 g/mol. The number of rotatable bonds is 9. The summed E-state index contributed by atoms with van der Waals surface area (Å²) in [6.07, 6.45) is 1.31. The number of nitrogens with zero attached hydrogens (tertiary/aromatic N) is 2. The van der Waals surface area contributed by atoms with Crippen LogP contribution in [0, 0.1) is 25.6 Å². The fourth-order valence-electron chi connectivity index (χ4n) is 3.70. The van der Waals surface area contributed by atoms with E-state index in [4.69, 9.17) is 9.47 Å². The Kier molecular flexibility index (Phi) is 8.25. The molecule has 8 nitrogen and oxygen atoms in total. The standard InChI is InChI=1S/C29H28FN3O5S/c1-18(2)17-37-23-15-21(14-22(30)16-23)25-12-11-24(28(34)33-39(35,36)26-10-5-6-13-31-26)29(32-25)38-27-19(3)8-7-9-20(27)4/h5-16,18H,17H2,1-4H3,(H,33,34). The molecular formula is C29H28FN3O5S. The van der Waals surface area contributed by atoms with E-state index < -0.39 is 21.7 Å². The minimum absolute atomic E-state index is 0.131. The molecule has 0 aliphatic carbocycles. The monoisotopic (exact) mass is 549 g/mol. The SMILES string of the molecule is Cc1cccc(C)c1Oc1nc(-c2cc(F)cc(OCC(C)C)c2)ccc1C(=O)NS(=O)(=O)c1ccccn1. The van der Waals surface area contributed by atoms with E-state index in [2.05, 4.69) is 9.97 Å². The molecule has 0 bridgehead atoms. The van der Waals surface area contributed by atoms with Gasteiger partial charge in [-0.1, -0.05) is 38.1 Å². The zero-order valence-electron chi connectivity index (χ0n) is 21.9. The maximum atomic E-state index is 14.5. The van der Waals surface area contributed by atoms with Crippen LogP contribution in [-0.4, -0.2) is 30.9 Å². The van der Waals surface area contributed by atoms with Gasteiger partial charge in [0, 0.05) is 17.8 Å². The molecule has 0 aliphatic rings. The van der Waals surface area contributed by atoms with Crippen molar-refractivity contribution in [3.63, 3.8) is 0 Å². The molecule has 0 radical (unpaired) electrons. The number of benzene rings is 2. The summed E-state index contributed by atoms with van der Waals surface area (Å²) < 4.78 is 53.8. The van der Waals surface area contributed by atoms with Crippen molar-refractivity contribution in [2.24, 2.45) is 5.92 Å². The summed E-state index contributed by atoms with van der Waals surface area (Å²) in [4.78, 5) is 21.5. The number of carbonyl (C=O) groups is 1. The van der Waals surface area contributed by atoms with Gasteiger partial charge in [0.05, 0.1) is 12.3 Å².